The van der Waals surface area contributed by atoms with Gasteiger partial charge >= 0.3 is 0 Å². The third-order valence-electron chi connectivity index (χ3n) is 3.53. The molecule has 0 spiro atoms. The normalized spacial score (nSPS) is 33.2. The van der Waals surface area contributed by atoms with Crippen molar-refractivity contribution >= 4 is 0 Å². The molecule has 0 aromatic carbocycles. The van der Waals surface area contributed by atoms with Gasteiger partial charge in [0.25, 0.3) is 0 Å². The van der Waals surface area contributed by atoms with E-state index in [1.54, 1.807) is 0 Å². The van der Waals surface area contributed by atoms with Gasteiger partial charge in [-0.3, -0.25) is 0 Å². The van der Waals surface area contributed by atoms with Crippen molar-refractivity contribution in [3.8, 4) is 0 Å². The molecule has 0 bridgehead atoms. The zero-order valence-corrected chi connectivity index (χ0v) is 7.71. The van der Waals surface area contributed by atoms with Crippen molar-refractivity contribution in [3.05, 3.63) is 0 Å². The highest BCUT2D eigenvalue weighted by molar-refractivity contribution is 5.14. The quantitative estimate of drug-likeness (QED) is 0.579. The van der Waals surface area contributed by atoms with E-state index >= 15 is 0 Å². The topological polar surface area (TPSA) is 49.5 Å². The minimum absolute atomic E-state index is 0.228. The zero-order valence-electron chi connectivity index (χ0n) is 7.71. The maximum Gasteiger partial charge on any atom is 0.0850 e. The molecule has 2 aliphatic rings. The molecule has 70 valence electrons. The van der Waals surface area contributed by atoms with Crippen LogP contribution >= 0.6 is 0 Å². The monoisotopic (exact) mass is 170 g/mol. The molecule has 12 heavy (non-hydrogen) atoms. The number of piperidine rings is 1. The Morgan fingerprint density at radius 2 is 1.67 bits per heavy atom. The van der Waals surface area contributed by atoms with Crippen molar-refractivity contribution in [2.45, 2.75) is 36.8 Å². The minimum atomic E-state index is -0.556. The van der Waals surface area contributed by atoms with Gasteiger partial charge in [-0.05, 0) is 32.7 Å². The Bertz CT molecular complexity index is 181. The van der Waals surface area contributed by atoms with E-state index in [1.165, 1.54) is 0 Å². The van der Waals surface area contributed by atoms with Crippen LogP contribution in [0.15, 0.2) is 0 Å². The highest BCUT2D eigenvalue weighted by atomic mass is 16.3. The van der Waals surface area contributed by atoms with Crippen LogP contribution in [0.4, 0.5) is 0 Å². The van der Waals surface area contributed by atoms with Crippen LogP contribution in [0.3, 0.4) is 0 Å². The lowest BCUT2D eigenvalue weighted by Gasteiger charge is -2.40. The molecular weight excluding hydrogens is 152 g/mol. The molecule has 0 aromatic heterocycles. The van der Waals surface area contributed by atoms with Crippen molar-refractivity contribution in [1.29, 1.82) is 0 Å². The number of rotatable bonds is 1. The standard InChI is InChI=1S/C9H18N2O/c1-11-6-4-9(12,5-7-11)8(10)2-3-8/h12H,2-7,10H2,1H3. The fourth-order valence-corrected chi connectivity index (χ4v) is 2.09. The van der Waals surface area contributed by atoms with E-state index in [-0.39, 0.29) is 5.54 Å². The molecule has 1 aliphatic carbocycles. The number of hydrogen-bond acceptors (Lipinski definition) is 3. The van der Waals surface area contributed by atoms with E-state index < -0.39 is 5.60 Å². The lowest BCUT2D eigenvalue weighted by Crippen LogP contribution is -2.56. The number of nitrogens with two attached hydrogens (primary N) is 1. The van der Waals surface area contributed by atoms with Crippen molar-refractivity contribution in [2.75, 3.05) is 20.1 Å². The van der Waals surface area contributed by atoms with E-state index in [9.17, 15) is 5.11 Å². The van der Waals surface area contributed by atoms with Crippen LogP contribution in [-0.2, 0) is 0 Å². The molecule has 0 atom stereocenters. The minimum Gasteiger partial charge on any atom is -0.388 e. The van der Waals surface area contributed by atoms with Gasteiger partial charge in [-0.15, -0.1) is 0 Å². The smallest absolute Gasteiger partial charge is 0.0850 e. The number of likely N-dealkylation sites (tertiary alicyclic amines) is 1. The Hall–Kier alpha value is -0.120. The molecule has 0 aromatic rings. The summed E-state index contributed by atoms with van der Waals surface area (Å²) in [6.07, 6.45) is 3.71. The van der Waals surface area contributed by atoms with Crippen molar-refractivity contribution in [3.63, 3.8) is 0 Å². The SMILES string of the molecule is CN1CCC(O)(C2(N)CC2)CC1. The molecule has 3 heteroatoms. The summed E-state index contributed by atoms with van der Waals surface area (Å²) in [6, 6.07) is 0. The second-order valence-corrected chi connectivity index (χ2v) is 4.49. The maximum absolute atomic E-state index is 10.2. The molecule has 1 aliphatic heterocycles. The Kier molecular flexibility index (Phi) is 1.72. The van der Waals surface area contributed by atoms with Gasteiger partial charge in [0, 0.05) is 18.6 Å². The van der Waals surface area contributed by atoms with Gasteiger partial charge in [-0.1, -0.05) is 0 Å². The highest BCUT2D eigenvalue weighted by Gasteiger charge is 2.56. The van der Waals surface area contributed by atoms with E-state index in [0.29, 0.717) is 0 Å². The molecule has 2 rings (SSSR count). The summed E-state index contributed by atoms with van der Waals surface area (Å²) < 4.78 is 0. The molecular formula is C9H18N2O. The molecule has 3 N–H and O–H groups in total. The first-order valence-electron chi connectivity index (χ1n) is 4.76. The van der Waals surface area contributed by atoms with Crippen molar-refractivity contribution in [1.82, 2.24) is 4.90 Å². The zero-order chi connectivity index (χ0) is 8.82. The van der Waals surface area contributed by atoms with Crippen molar-refractivity contribution in [2.24, 2.45) is 5.73 Å². The second kappa shape index (κ2) is 2.44. The summed E-state index contributed by atoms with van der Waals surface area (Å²) in [4.78, 5) is 2.25. The fourth-order valence-electron chi connectivity index (χ4n) is 2.09. The van der Waals surface area contributed by atoms with E-state index in [2.05, 4.69) is 11.9 Å². The maximum atomic E-state index is 10.2. The summed E-state index contributed by atoms with van der Waals surface area (Å²) in [7, 11) is 2.09. The third kappa shape index (κ3) is 1.16. The molecule has 0 unspecified atom stereocenters. The summed E-state index contributed by atoms with van der Waals surface area (Å²) in [5.41, 5.74) is 5.25. The van der Waals surface area contributed by atoms with Gasteiger partial charge in [0.1, 0.15) is 0 Å². The van der Waals surface area contributed by atoms with Gasteiger partial charge in [0.2, 0.25) is 0 Å². The highest BCUT2D eigenvalue weighted by Crippen LogP contribution is 2.46. The Morgan fingerprint density at radius 3 is 2.08 bits per heavy atom. The van der Waals surface area contributed by atoms with Gasteiger partial charge in [0.15, 0.2) is 0 Å². The summed E-state index contributed by atoms with van der Waals surface area (Å²) in [5.74, 6) is 0. The van der Waals surface area contributed by atoms with Crippen LogP contribution in [0.25, 0.3) is 0 Å². The first kappa shape index (κ1) is 8.48. The predicted molar refractivity (Wildman–Crippen MR) is 47.8 cm³/mol. The van der Waals surface area contributed by atoms with E-state index in [1.807, 2.05) is 0 Å². The molecule has 0 radical (unpaired) electrons. The van der Waals surface area contributed by atoms with Gasteiger partial charge < -0.3 is 15.7 Å². The van der Waals surface area contributed by atoms with Crippen LogP contribution < -0.4 is 5.73 Å². The van der Waals surface area contributed by atoms with Crippen LogP contribution in [0.2, 0.25) is 0 Å². The summed E-state index contributed by atoms with van der Waals surface area (Å²) in [6.45, 7) is 1.96. The molecule has 0 amide bonds. The Labute approximate surface area is 73.5 Å². The van der Waals surface area contributed by atoms with Crippen LogP contribution in [0.1, 0.15) is 25.7 Å². The number of aliphatic hydroxyl groups is 1. The number of hydrogen-bond donors (Lipinski definition) is 2. The molecule has 1 heterocycles. The molecule has 2 fully saturated rings. The molecule has 1 saturated heterocycles. The molecule has 1 saturated carbocycles. The second-order valence-electron chi connectivity index (χ2n) is 4.49. The first-order valence-corrected chi connectivity index (χ1v) is 4.76. The van der Waals surface area contributed by atoms with Gasteiger partial charge in [-0.2, -0.15) is 0 Å². The lowest BCUT2D eigenvalue weighted by atomic mass is 9.83. The molecule has 3 nitrogen and oxygen atoms in total. The van der Waals surface area contributed by atoms with E-state index in [4.69, 9.17) is 5.73 Å². The summed E-state index contributed by atoms with van der Waals surface area (Å²) >= 11 is 0. The lowest BCUT2D eigenvalue weighted by molar-refractivity contribution is -0.0447. The first-order chi connectivity index (χ1) is 5.56. The predicted octanol–water partition coefficient (Wildman–Crippen LogP) is -0.0656. The Morgan fingerprint density at radius 1 is 1.17 bits per heavy atom. The fraction of sp³-hybridized carbons (Fsp3) is 1.00. The summed E-state index contributed by atoms with van der Waals surface area (Å²) in [5, 5.41) is 10.2. The van der Waals surface area contributed by atoms with Gasteiger partial charge in [0.05, 0.1) is 5.60 Å². The average molecular weight is 170 g/mol. The van der Waals surface area contributed by atoms with Crippen LogP contribution in [0, 0.1) is 0 Å². The van der Waals surface area contributed by atoms with Crippen LogP contribution in [0.5, 0.6) is 0 Å². The van der Waals surface area contributed by atoms with Crippen molar-refractivity contribution < 1.29 is 5.11 Å². The average Bonchev–Trinajstić information content (AvgIpc) is 2.77. The largest absolute Gasteiger partial charge is 0.388 e. The Balaban J connectivity index is 2.03. The van der Waals surface area contributed by atoms with E-state index in [0.717, 1.165) is 38.8 Å². The van der Waals surface area contributed by atoms with Crippen LogP contribution in [-0.4, -0.2) is 41.3 Å². The van der Waals surface area contributed by atoms with Gasteiger partial charge in [-0.25, -0.2) is 0 Å². The number of nitrogens with zero attached hydrogens (tertiary/aromatic N) is 1. The third-order valence-corrected chi connectivity index (χ3v) is 3.53.